The molecule has 1 atom stereocenters. The standard InChI is InChI=1S/C20H25NO4S2/c1-16-8-10-19(11-9-16)27(23,24)21-18(14-17-6-4-3-5-7-17)15-26-13-12-20(22)25-2/h3-11,18,21H,12-15H2,1-2H3/t18-/m0/s1. The summed E-state index contributed by atoms with van der Waals surface area (Å²) in [5, 5.41) is 0. The lowest BCUT2D eigenvalue weighted by molar-refractivity contribution is -0.140. The second-order valence-electron chi connectivity index (χ2n) is 6.22. The molecule has 0 aromatic heterocycles. The molecule has 2 aromatic rings. The van der Waals surface area contributed by atoms with Crippen molar-refractivity contribution >= 4 is 27.8 Å². The maximum atomic E-state index is 12.7. The molecule has 0 saturated heterocycles. The van der Waals surface area contributed by atoms with Gasteiger partial charge >= 0.3 is 5.97 Å². The molecule has 5 nitrogen and oxygen atoms in total. The van der Waals surface area contributed by atoms with Gasteiger partial charge < -0.3 is 4.74 Å². The number of esters is 1. The number of hydrogen-bond donors (Lipinski definition) is 1. The molecule has 2 rings (SSSR count). The average molecular weight is 408 g/mol. The van der Waals surface area contributed by atoms with Crippen LogP contribution in [0.2, 0.25) is 0 Å². The molecule has 0 heterocycles. The summed E-state index contributed by atoms with van der Waals surface area (Å²) in [7, 11) is -2.25. The van der Waals surface area contributed by atoms with Crippen molar-refractivity contribution in [1.82, 2.24) is 4.72 Å². The fraction of sp³-hybridized carbons (Fsp3) is 0.350. The van der Waals surface area contributed by atoms with Gasteiger partial charge in [-0.1, -0.05) is 48.0 Å². The van der Waals surface area contributed by atoms with Crippen LogP contribution >= 0.6 is 11.8 Å². The van der Waals surface area contributed by atoms with Gasteiger partial charge in [0.1, 0.15) is 0 Å². The number of nitrogens with one attached hydrogen (secondary N) is 1. The number of rotatable bonds is 10. The average Bonchev–Trinajstić information content (AvgIpc) is 2.65. The lowest BCUT2D eigenvalue weighted by Gasteiger charge is -2.19. The third-order valence-electron chi connectivity index (χ3n) is 3.98. The summed E-state index contributed by atoms with van der Waals surface area (Å²) in [4.78, 5) is 11.5. The van der Waals surface area contributed by atoms with Gasteiger partial charge in [-0.05, 0) is 31.0 Å². The maximum Gasteiger partial charge on any atom is 0.306 e. The van der Waals surface area contributed by atoms with Gasteiger partial charge in [0, 0.05) is 17.5 Å². The predicted octanol–water partition coefficient (Wildman–Crippen LogP) is 3.18. The fourth-order valence-electron chi connectivity index (χ4n) is 2.52. The molecule has 0 unspecified atom stereocenters. The van der Waals surface area contributed by atoms with Gasteiger partial charge in [0.2, 0.25) is 10.0 Å². The van der Waals surface area contributed by atoms with Gasteiger partial charge in [-0.25, -0.2) is 13.1 Å². The van der Waals surface area contributed by atoms with E-state index in [4.69, 9.17) is 0 Å². The third-order valence-corrected chi connectivity index (χ3v) is 6.64. The van der Waals surface area contributed by atoms with Gasteiger partial charge in [0.15, 0.2) is 0 Å². The van der Waals surface area contributed by atoms with Crippen LogP contribution < -0.4 is 4.72 Å². The lowest BCUT2D eigenvalue weighted by Crippen LogP contribution is -2.38. The zero-order valence-corrected chi connectivity index (χ0v) is 17.2. The molecule has 27 heavy (non-hydrogen) atoms. The second kappa shape index (κ2) is 10.5. The molecule has 0 radical (unpaired) electrons. The molecule has 0 spiro atoms. The normalized spacial score (nSPS) is 12.5. The summed E-state index contributed by atoms with van der Waals surface area (Å²) < 4.78 is 32.9. The van der Waals surface area contributed by atoms with Crippen molar-refractivity contribution in [2.24, 2.45) is 0 Å². The second-order valence-corrected chi connectivity index (χ2v) is 9.09. The zero-order chi connectivity index (χ0) is 19.7. The Labute approximate surface area is 165 Å². The van der Waals surface area contributed by atoms with Gasteiger partial charge in [0.05, 0.1) is 18.4 Å². The Morgan fingerprint density at radius 2 is 1.78 bits per heavy atom. The minimum atomic E-state index is -3.61. The lowest BCUT2D eigenvalue weighted by atomic mass is 10.1. The Kier molecular flexibility index (Phi) is 8.34. The van der Waals surface area contributed by atoms with E-state index >= 15 is 0 Å². The monoisotopic (exact) mass is 407 g/mol. The van der Waals surface area contributed by atoms with Crippen molar-refractivity contribution in [1.29, 1.82) is 0 Å². The zero-order valence-electron chi connectivity index (χ0n) is 15.6. The van der Waals surface area contributed by atoms with Crippen LogP contribution in [0.25, 0.3) is 0 Å². The maximum absolute atomic E-state index is 12.7. The number of hydrogen-bond acceptors (Lipinski definition) is 5. The molecule has 0 aliphatic carbocycles. The summed E-state index contributed by atoms with van der Waals surface area (Å²) in [5.41, 5.74) is 2.07. The number of ether oxygens (including phenoxy) is 1. The van der Waals surface area contributed by atoms with Crippen LogP contribution in [0.1, 0.15) is 17.5 Å². The Morgan fingerprint density at radius 1 is 1.11 bits per heavy atom. The highest BCUT2D eigenvalue weighted by Crippen LogP contribution is 2.15. The molecule has 0 amide bonds. The van der Waals surface area contributed by atoms with Crippen LogP contribution in [-0.4, -0.2) is 39.0 Å². The molecule has 1 N–H and O–H groups in total. The molecule has 0 aliphatic heterocycles. The number of carbonyl (C=O) groups is 1. The van der Waals surface area contributed by atoms with E-state index in [2.05, 4.69) is 9.46 Å². The van der Waals surface area contributed by atoms with E-state index in [1.54, 1.807) is 24.3 Å². The molecule has 2 aromatic carbocycles. The van der Waals surface area contributed by atoms with Crippen LogP contribution in [-0.2, 0) is 26.0 Å². The SMILES string of the molecule is COC(=O)CCSC[C@H](Cc1ccccc1)NS(=O)(=O)c1ccc(C)cc1. The fourth-order valence-corrected chi connectivity index (χ4v) is 4.83. The number of benzene rings is 2. The van der Waals surface area contributed by atoms with Gasteiger partial charge in [-0.15, -0.1) is 0 Å². The molecule has 0 fully saturated rings. The Morgan fingerprint density at radius 3 is 2.41 bits per heavy atom. The number of carbonyl (C=O) groups excluding carboxylic acids is 1. The van der Waals surface area contributed by atoms with Crippen molar-refractivity contribution in [2.75, 3.05) is 18.6 Å². The number of methoxy groups -OCH3 is 1. The highest BCUT2D eigenvalue weighted by molar-refractivity contribution is 7.99. The van der Waals surface area contributed by atoms with Gasteiger partial charge in [-0.2, -0.15) is 11.8 Å². The predicted molar refractivity (Wildman–Crippen MR) is 109 cm³/mol. The summed E-state index contributed by atoms with van der Waals surface area (Å²) in [6.45, 7) is 1.92. The summed E-state index contributed by atoms with van der Waals surface area (Å²) in [5.74, 6) is 0.892. The molecular formula is C20H25NO4S2. The molecular weight excluding hydrogens is 382 g/mol. The first kappa shape index (κ1) is 21.5. The van der Waals surface area contributed by atoms with Crippen LogP contribution in [0.5, 0.6) is 0 Å². The van der Waals surface area contributed by atoms with Gasteiger partial charge in [-0.3, -0.25) is 4.79 Å². The van der Waals surface area contributed by atoms with Crippen molar-refractivity contribution in [2.45, 2.75) is 30.7 Å². The summed E-state index contributed by atoms with van der Waals surface area (Å²) in [6, 6.07) is 16.3. The number of sulfonamides is 1. The van der Waals surface area contributed by atoms with Crippen LogP contribution in [0.3, 0.4) is 0 Å². The Bertz CT molecular complexity index is 821. The van der Waals surface area contributed by atoms with Crippen molar-refractivity contribution in [3.05, 3.63) is 65.7 Å². The van der Waals surface area contributed by atoms with Gasteiger partial charge in [0.25, 0.3) is 0 Å². The van der Waals surface area contributed by atoms with Crippen LogP contribution in [0.4, 0.5) is 0 Å². The van der Waals surface area contributed by atoms with E-state index in [0.29, 0.717) is 24.3 Å². The van der Waals surface area contributed by atoms with E-state index in [1.165, 1.54) is 18.9 Å². The van der Waals surface area contributed by atoms with E-state index in [0.717, 1.165) is 11.1 Å². The number of aryl methyl sites for hydroxylation is 1. The van der Waals surface area contributed by atoms with Crippen LogP contribution in [0.15, 0.2) is 59.5 Å². The summed E-state index contributed by atoms with van der Waals surface area (Å²) >= 11 is 1.53. The van der Waals surface area contributed by atoms with E-state index in [1.807, 2.05) is 37.3 Å². The first-order chi connectivity index (χ1) is 12.9. The minimum Gasteiger partial charge on any atom is -0.469 e. The number of thioether (sulfide) groups is 1. The first-order valence-corrected chi connectivity index (χ1v) is 11.3. The highest BCUT2D eigenvalue weighted by Gasteiger charge is 2.20. The topological polar surface area (TPSA) is 72.5 Å². The highest BCUT2D eigenvalue weighted by atomic mass is 32.2. The Hall–Kier alpha value is -1.83. The largest absolute Gasteiger partial charge is 0.469 e. The molecule has 7 heteroatoms. The Balaban J connectivity index is 2.06. The minimum absolute atomic E-state index is 0.255. The molecule has 146 valence electrons. The van der Waals surface area contributed by atoms with E-state index < -0.39 is 10.0 Å². The molecule has 0 aliphatic rings. The third kappa shape index (κ3) is 7.36. The molecule has 0 saturated carbocycles. The van der Waals surface area contributed by atoms with Crippen molar-refractivity contribution < 1.29 is 17.9 Å². The van der Waals surface area contributed by atoms with E-state index in [9.17, 15) is 13.2 Å². The summed E-state index contributed by atoms with van der Waals surface area (Å²) in [6.07, 6.45) is 0.890. The van der Waals surface area contributed by atoms with Crippen molar-refractivity contribution in [3.63, 3.8) is 0 Å². The van der Waals surface area contributed by atoms with Crippen molar-refractivity contribution in [3.8, 4) is 0 Å². The quantitative estimate of drug-likeness (QED) is 0.484. The molecule has 0 bridgehead atoms. The first-order valence-electron chi connectivity index (χ1n) is 8.68. The van der Waals surface area contributed by atoms with E-state index in [-0.39, 0.29) is 16.9 Å². The smallest absolute Gasteiger partial charge is 0.306 e. The van der Waals surface area contributed by atoms with Crippen LogP contribution in [0, 0.1) is 6.92 Å².